The van der Waals surface area contributed by atoms with E-state index in [0.717, 1.165) is 6.42 Å². The summed E-state index contributed by atoms with van der Waals surface area (Å²) in [6.07, 6.45) is 0.931. The first-order chi connectivity index (χ1) is 5.59. The zero-order valence-electron chi connectivity index (χ0n) is 8.04. The summed E-state index contributed by atoms with van der Waals surface area (Å²) in [4.78, 5) is 0. The van der Waals surface area contributed by atoms with Gasteiger partial charge >= 0.3 is 0 Å². The first-order valence-corrected chi connectivity index (χ1v) is 4.51. The van der Waals surface area contributed by atoms with Gasteiger partial charge in [0.1, 0.15) is 0 Å². The molecule has 0 bridgehead atoms. The van der Waals surface area contributed by atoms with Crippen LogP contribution in [0, 0.1) is 5.92 Å². The Hall–Kier alpha value is -0.120. The molecule has 0 radical (unpaired) electrons. The summed E-state index contributed by atoms with van der Waals surface area (Å²) in [5.41, 5.74) is 0. The molecule has 12 heavy (non-hydrogen) atoms. The van der Waals surface area contributed by atoms with Gasteiger partial charge in [0, 0.05) is 5.92 Å². The Morgan fingerprint density at radius 1 is 1.50 bits per heavy atom. The van der Waals surface area contributed by atoms with Crippen molar-refractivity contribution in [3.63, 3.8) is 0 Å². The van der Waals surface area contributed by atoms with Gasteiger partial charge in [0.25, 0.3) is 0 Å². The molecule has 1 saturated heterocycles. The molecule has 0 saturated carbocycles. The minimum atomic E-state index is -0.529. The van der Waals surface area contributed by atoms with Crippen molar-refractivity contribution in [2.75, 3.05) is 13.2 Å². The molecule has 0 spiro atoms. The second kappa shape index (κ2) is 3.73. The standard InChI is InChI=1S/C9H18O3/c1-4-7-6-11-9(2,3)12-8(7)5-10/h7-8,10H,4-6H2,1-3H3. The summed E-state index contributed by atoms with van der Waals surface area (Å²) in [6, 6.07) is 0. The quantitative estimate of drug-likeness (QED) is 0.682. The molecule has 2 atom stereocenters. The van der Waals surface area contributed by atoms with Gasteiger partial charge in [0.2, 0.25) is 0 Å². The number of hydrogen-bond donors (Lipinski definition) is 1. The van der Waals surface area contributed by atoms with Crippen LogP contribution in [-0.4, -0.2) is 30.2 Å². The summed E-state index contributed by atoms with van der Waals surface area (Å²) in [5.74, 6) is -0.193. The van der Waals surface area contributed by atoms with E-state index in [0.29, 0.717) is 12.5 Å². The molecule has 0 aromatic heterocycles. The molecule has 1 rings (SSSR count). The van der Waals surface area contributed by atoms with Crippen LogP contribution in [0.1, 0.15) is 27.2 Å². The lowest BCUT2D eigenvalue weighted by Gasteiger charge is -2.40. The molecule has 2 unspecified atom stereocenters. The fraction of sp³-hybridized carbons (Fsp3) is 1.00. The second-order valence-electron chi connectivity index (χ2n) is 3.72. The van der Waals surface area contributed by atoms with Gasteiger partial charge in [0.05, 0.1) is 19.3 Å². The van der Waals surface area contributed by atoms with Crippen LogP contribution in [0.25, 0.3) is 0 Å². The van der Waals surface area contributed by atoms with Crippen molar-refractivity contribution in [1.82, 2.24) is 0 Å². The Kier molecular flexibility index (Phi) is 3.09. The number of rotatable bonds is 2. The maximum absolute atomic E-state index is 9.04. The van der Waals surface area contributed by atoms with Crippen molar-refractivity contribution < 1.29 is 14.6 Å². The average Bonchev–Trinajstić information content (AvgIpc) is 2.03. The number of aliphatic hydroxyl groups is 1. The van der Waals surface area contributed by atoms with Gasteiger partial charge in [-0.3, -0.25) is 0 Å². The van der Waals surface area contributed by atoms with Crippen molar-refractivity contribution in [3.8, 4) is 0 Å². The fourth-order valence-electron chi connectivity index (χ4n) is 1.48. The van der Waals surface area contributed by atoms with Crippen LogP contribution >= 0.6 is 0 Å². The van der Waals surface area contributed by atoms with Crippen LogP contribution in [0.3, 0.4) is 0 Å². The predicted octanol–water partition coefficient (Wildman–Crippen LogP) is 1.16. The van der Waals surface area contributed by atoms with E-state index < -0.39 is 5.79 Å². The van der Waals surface area contributed by atoms with Crippen molar-refractivity contribution in [2.24, 2.45) is 5.92 Å². The Balaban J connectivity index is 2.53. The lowest BCUT2D eigenvalue weighted by Crippen LogP contribution is -2.46. The fourth-order valence-corrected chi connectivity index (χ4v) is 1.48. The minimum Gasteiger partial charge on any atom is -0.394 e. The van der Waals surface area contributed by atoms with Crippen LogP contribution < -0.4 is 0 Å². The molecule has 72 valence electrons. The molecule has 0 aliphatic carbocycles. The minimum absolute atomic E-state index is 0.0567. The van der Waals surface area contributed by atoms with Crippen LogP contribution in [-0.2, 0) is 9.47 Å². The highest BCUT2D eigenvalue weighted by molar-refractivity contribution is 4.75. The molecule has 0 aromatic rings. The van der Waals surface area contributed by atoms with Gasteiger partial charge in [-0.15, -0.1) is 0 Å². The van der Waals surface area contributed by atoms with Crippen molar-refractivity contribution in [1.29, 1.82) is 0 Å². The maximum atomic E-state index is 9.04. The van der Waals surface area contributed by atoms with E-state index in [2.05, 4.69) is 6.92 Å². The molecule has 3 nitrogen and oxygen atoms in total. The first kappa shape index (κ1) is 9.96. The average molecular weight is 174 g/mol. The number of hydrogen-bond acceptors (Lipinski definition) is 3. The predicted molar refractivity (Wildman–Crippen MR) is 45.8 cm³/mol. The van der Waals surface area contributed by atoms with Crippen LogP contribution in [0.5, 0.6) is 0 Å². The van der Waals surface area contributed by atoms with Crippen LogP contribution in [0.2, 0.25) is 0 Å². The molecular formula is C9H18O3. The van der Waals surface area contributed by atoms with Crippen molar-refractivity contribution in [2.45, 2.75) is 39.1 Å². The highest BCUT2D eigenvalue weighted by Crippen LogP contribution is 2.27. The third kappa shape index (κ3) is 2.19. The van der Waals surface area contributed by atoms with E-state index in [4.69, 9.17) is 14.6 Å². The third-order valence-electron chi connectivity index (χ3n) is 2.31. The van der Waals surface area contributed by atoms with Gasteiger partial charge in [-0.25, -0.2) is 0 Å². The van der Waals surface area contributed by atoms with E-state index in [1.165, 1.54) is 0 Å². The Bertz CT molecular complexity index is 145. The second-order valence-corrected chi connectivity index (χ2v) is 3.72. The van der Waals surface area contributed by atoms with Crippen molar-refractivity contribution >= 4 is 0 Å². The van der Waals surface area contributed by atoms with Gasteiger partial charge in [-0.05, 0) is 20.3 Å². The van der Waals surface area contributed by atoms with E-state index in [-0.39, 0.29) is 12.7 Å². The number of aliphatic hydroxyl groups excluding tert-OH is 1. The van der Waals surface area contributed by atoms with Crippen molar-refractivity contribution in [3.05, 3.63) is 0 Å². The highest BCUT2D eigenvalue weighted by atomic mass is 16.7. The topological polar surface area (TPSA) is 38.7 Å². The SMILES string of the molecule is CCC1COC(C)(C)OC1CO. The molecular weight excluding hydrogens is 156 g/mol. The molecule has 1 aliphatic rings. The molecule has 1 fully saturated rings. The van der Waals surface area contributed by atoms with E-state index in [1.54, 1.807) is 0 Å². The van der Waals surface area contributed by atoms with Gasteiger partial charge < -0.3 is 14.6 Å². The maximum Gasteiger partial charge on any atom is 0.163 e. The Labute approximate surface area is 73.7 Å². The number of ether oxygens (including phenoxy) is 2. The van der Waals surface area contributed by atoms with E-state index >= 15 is 0 Å². The molecule has 1 N–H and O–H groups in total. The molecule has 0 aromatic carbocycles. The zero-order chi connectivity index (χ0) is 9.19. The summed E-state index contributed by atoms with van der Waals surface area (Å²) >= 11 is 0. The Morgan fingerprint density at radius 2 is 2.17 bits per heavy atom. The molecule has 0 amide bonds. The lowest BCUT2D eigenvalue weighted by molar-refractivity contribution is -0.298. The Morgan fingerprint density at radius 3 is 2.67 bits per heavy atom. The largest absolute Gasteiger partial charge is 0.394 e. The normalized spacial score (nSPS) is 35.0. The molecule has 1 aliphatic heterocycles. The zero-order valence-corrected chi connectivity index (χ0v) is 8.04. The smallest absolute Gasteiger partial charge is 0.163 e. The summed E-state index contributed by atoms with van der Waals surface area (Å²) in [7, 11) is 0. The molecule has 3 heteroatoms. The van der Waals surface area contributed by atoms with E-state index in [1.807, 2.05) is 13.8 Å². The monoisotopic (exact) mass is 174 g/mol. The molecule has 1 heterocycles. The summed E-state index contributed by atoms with van der Waals surface area (Å²) in [5, 5.41) is 9.04. The van der Waals surface area contributed by atoms with Crippen LogP contribution in [0.4, 0.5) is 0 Å². The lowest BCUT2D eigenvalue weighted by atomic mass is 9.99. The van der Waals surface area contributed by atoms with Crippen LogP contribution in [0.15, 0.2) is 0 Å². The van der Waals surface area contributed by atoms with Gasteiger partial charge in [-0.2, -0.15) is 0 Å². The third-order valence-corrected chi connectivity index (χ3v) is 2.31. The highest BCUT2D eigenvalue weighted by Gasteiger charge is 2.34. The summed E-state index contributed by atoms with van der Waals surface area (Å²) in [6.45, 7) is 6.61. The van der Waals surface area contributed by atoms with E-state index in [9.17, 15) is 0 Å². The van der Waals surface area contributed by atoms with Gasteiger partial charge in [0.15, 0.2) is 5.79 Å². The van der Waals surface area contributed by atoms with Gasteiger partial charge in [-0.1, -0.05) is 6.92 Å². The summed E-state index contributed by atoms with van der Waals surface area (Å²) < 4.78 is 11.0. The first-order valence-electron chi connectivity index (χ1n) is 4.51.